The monoisotopic (exact) mass is 477 g/mol. The lowest BCUT2D eigenvalue weighted by Crippen LogP contribution is -2.51. The predicted molar refractivity (Wildman–Crippen MR) is 128 cm³/mol. The SMILES string of the molecule is CCCCNC(=O)[C@H](C)N(Cc1ccccc1C)C(=O)CN(c1ccc(F)cc1)S(C)(=O)=O. The molecule has 0 bridgehead atoms. The molecule has 0 radical (unpaired) electrons. The molecule has 2 aromatic carbocycles. The summed E-state index contributed by atoms with van der Waals surface area (Å²) in [6, 6.07) is 11.6. The number of hydrogen-bond acceptors (Lipinski definition) is 4. The average molecular weight is 478 g/mol. The van der Waals surface area contributed by atoms with Gasteiger partial charge >= 0.3 is 0 Å². The largest absolute Gasteiger partial charge is 0.354 e. The Balaban J connectivity index is 2.35. The molecule has 0 saturated heterocycles. The molecular formula is C24H32FN3O4S. The van der Waals surface area contributed by atoms with Crippen LogP contribution in [0.4, 0.5) is 10.1 Å². The van der Waals surface area contributed by atoms with Gasteiger partial charge in [-0.25, -0.2) is 12.8 Å². The van der Waals surface area contributed by atoms with Crippen molar-refractivity contribution in [2.24, 2.45) is 0 Å². The normalized spacial score (nSPS) is 12.2. The van der Waals surface area contributed by atoms with Gasteiger partial charge in [0.2, 0.25) is 21.8 Å². The minimum Gasteiger partial charge on any atom is -0.354 e. The quantitative estimate of drug-likeness (QED) is 0.504. The summed E-state index contributed by atoms with van der Waals surface area (Å²) < 4.78 is 39.2. The van der Waals surface area contributed by atoms with Crippen LogP contribution in [0.1, 0.15) is 37.8 Å². The van der Waals surface area contributed by atoms with Crippen molar-refractivity contribution in [3.8, 4) is 0 Å². The molecule has 1 atom stereocenters. The summed E-state index contributed by atoms with van der Waals surface area (Å²) in [6.07, 6.45) is 2.72. The van der Waals surface area contributed by atoms with E-state index >= 15 is 0 Å². The zero-order valence-electron chi connectivity index (χ0n) is 19.5. The maximum atomic E-state index is 13.4. The Morgan fingerprint density at radius 2 is 1.73 bits per heavy atom. The Labute approximate surface area is 195 Å². The zero-order chi connectivity index (χ0) is 24.6. The van der Waals surface area contributed by atoms with Crippen molar-refractivity contribution in [2.45, 2.75) is 46.2 Å². The molecule has 0 aliphatic heterocycles. The van der Waals surface area contributed by atoms with Crippen LogP contribution in [0.2, 0.25) is 0 Å². The molecular weight excluding hydrogens is 445 g/mol. The standard InChI is InChI=1S/C24H32FN3O4S/c1-5-6-15-26-24(30)19(3)27(16-20-10-8-7-9-18(20)2)23(29)17-28(33(4,31)32)22-13-11-21(25)12-14-22/h7-14,19H,5-6,15-17H2,1-4H3,(H,26,30)/t19-/m0/s1. The van der Waals surface area contributed by atoms with Crippen molar-refractivity contribution in [3.63, 3.8) is 0 Å². The highest BCUT2D eigenvalue weighted by atomic mass is 32.2. The number of aryl methyl sites for hydroxylation is 1. The van der Waals surface area contributed by atoms with Gasteiger partial charge in [-0.2, -0.15) is 0 Å². The summed E-state index contributed by atoms with van der Waals surface area (Å²) in [4.78, 5) is 27.5. The number of benzene rings is 2. The second kappa shape index (κ2) is 11.8. The summed E-state index contributed by atoms with van der Waals surface area (Å²) in [6.45, 7) is 5.68. The van der Waals surface area contributed by atoms with Crippen molar-refractivity contribution in [3.05, 3.63) is 65.5 Å². The Hall–Kier alpha value is -2.94. The van der Waals surface area contributed by atoms with Gasteiger partial charge in [0, 0.05) is 13.1 Å². The molecule has 180 valence electrons. The molecule has 0 unspecified atom stereocenters. The van der Waals surface area contributed by atoms with Crippen LogP contribution in [0.5, 0.6) is 0 Å². The number of unbranched alkanes of at least 4 members (excludes halogenated alkanes) is 1. The van der Waals surface area contributed by atoms with Gasteiger partial charge in [0.15, 0.2) is 0 Å². The van der Waals surface area contributed by atoms with Crippen molar-refractivity contribution < 1.29 is 22.4 Å². The number of anilines is 1. The summed E-state index contributed by atoms with van der Waals surface area (Å²) in [5, 5.41) is 2.83. The molecule has 0 fully saturated rings. The zero-order valence-corrected chi connectivity index (χ0v) is 20.4. The molecule has 0 spiro atoms. The number of hydrogen-bond donors (Lipinski definition) is 1. The lowest BCUT2D eigenvalue weighted by molar-refractivity contribution is -0.139. The van der Waals surface area contributed by atoms with Crippen LogP contribution in [0.15, 0.2) is 48.5 Å². The topological polar surface area (TPSA) is 86.8 Å². The van der Waals surface area contributed by atoms with Crippen LogP contribution in [0.25, 0.3) is 0 Å². The minimum atomic E-state index is -3.84. The molecule has 2 rings (SSSR count). The van der Waals surface area contributed by atoms with E-state index in [0.29, 0.717) is 6.54 Å². The molecule has 2 amide bonds. The van der Waals surface area contributed by atoms with E-state index in [9.17, 15) is 22.4 Å². The van der Waals surface area contributed by atoms with Crippen molar-refractivity contribution >= 4 is 27.5 Å². The first-order valence-corrected chi connectivity index (χ1v) is 12.7. The Morgan fingerprint density at radius 3 is 2.30 bits per heavy atom. The fraction of sp³-hybridized carbons (Fsp3) is 0.417. The fourth-order valence-corrected chi connectivity index (χ4v) is 4.16. The first kappa shape index (κ1) is 26.3. The van der Waals surface area contributed by atoms with E-state index in [1.165, 1.54) is 17.0 Å². The maximum absolute atomic E-state index is 13.4. The molecule has 0 aromatic heterocycles. The van der Waals surface area contributed by atoms with E-state index in [4.69, 9.17) is 0 Å². The van der Waals surface area contributed by atoms with Gasteiger partial charge < -0.3 is 10.2 Å². The molecule has 9 heteroatoms. The van der Waals surface area contributed by atoms with Crippen LogP contribution < -0.4 is 9.62 Å². The van der Waals surface area contributed by atoms with E-state index in [-0.39, 0.29) is 18.1 Å². The van der Waals surface area contributed by atoms with E-state index < -0.39 is 34.3 Å². The highest BCUT2D eigenvalue weighted by Gasteiger charge is 2.30. The Morgan fingerprint density at radius 1 is 1.09 bits per heavy atom. The minimum absolute atomic E-state index is 0.148. The van der Waals surface area contributed by atoms with Gasteiger partial charge in [0.1, 0.15) is 18.4 Å². The number of rotatable bonds is 11. The molecule has 1 N–H and O–H groups in total. The van der Waals surface area contributed by atoms with E-state index in [1.807, 2.05) is 38.1 Å². The van der Waals surface area contributed by atoms with Crippen LogP contribution in [-0.2, 0) is 26.2 Å². The fourth-order valence-electron chi connectivity index (χ4n) is 3.31. The van der Waals surface area contributed by atoms with Crippen molar-refractivity contribution in [1.82, 2.24) is 10.2 Å². The van der Waals surface area contributed by atoms with Gasteiger partial charge in [0.25, 0.3) is 0 Å². The van der Waals surface area contributed by atoms with Crippen molar-refractivity contribution in [2.75, 3.05) is 23.7 Å². The molecule has 7 nitrogen and oxygen atoms in total. The first-order chi connectivity index (χ1) is 15.5. The van der Waals surface area contributed by atoms with Gasteiger partial charge in [-0.3, -0.25) is 13.9 Å². The average Bonchev–Trinajstić information content (AvgIpc) is 2.76. The Bertz CT molecular complexity index is 1060. The van der Waals surface area contributed by atoms with Crippen molar-refractivity contribution in [1.29, 1.82) is 0 Å². The lowest BCUT2D eigenvalue weighted by Gasteiger charge is -2.31. The van der Waals surface area contributed by atoms with Gasteiger partial charge in [-0.05, 0) is 55.7 Å². The number of nitrogens with zero attached hydrogens (tertiary/aromatic N) is 2. The van der Waals surface area contributed by atoms with Crippen LogP contribution in [0, 0.1) is 12.7 Å². The molecule has 0 aliphatic rings. The van der Waals surface area contributed by atoms with E-state index in [2.05, 4.69) is 5.32 Å². The predicted octanol–water partition coefficient (Wildman–Crippen LogP) is 3.23. The number of amides is 2. The molecule has 2 aromatic rings. The smallest absolute Gasteiger partial charge is 0.244 e. The van der Waals surface area contributed by atoms with Crippen LogP contribution in [0.3, 0.4) is 0 Å². The molecule has 0 saturated carbocycles. The first-order valence-electron chi connectivity index (χ1n) is 10.9. The third-order valence-corrected chi connectivity index (χ3v) is 6.53. The number of sulfonamides is 1. The number of carbonyl (C=O) groups is 2. The summed E-state index contributed by atoms with van der Waals surface area (Å²) in [5.41, 5.74) is 1.97. The van der Waals surface area contributed by atoms with Gasteiger partial charge in [-0.1, -0.05) is 37.6 Å². The Kier molecular flexibility index (Phi) is 9.40. The summed E-state index contributed by atoms with van der Waals surface area (Å²) in [7, 11) is -3.84. The van der Waals surface area contributed by atoms with E-state index in [0.717, 1.165) is 46.7 Å². The van der Waals surface area contributed by atoms with Crippen LogP contribution in [-0.4, -0.2) is 50.5 Å². The van der Waals surface area contributed by atoms with E-state index in [1.54, 1.807) is 6.92 Å². The molecule has 0 aliphatic carbocycles. The number of halogens is 1. The number of carbonyl (C=O) groups excluding carboxylic acids is 2. The maximum Gasteiger partial charge on any atom is 0.244 e. The highest BCUT2D eigenvalue weighted by Crippen LogP contribution is 2.20. The lowest BCUT2D eigenvalue weighted by atomic mass is 10.1. The van der Waals surface area contributed by atoms with Gasteiger partial charge in [-0.15, -0.1) is 0 Å². The second-order valence-electron chi connectivity index (χ2n) is 8.01. The highest BCUT2D eigenvalue weighted by molar-refractivity contribution is 7.92. The third-order valence-electron chi connectivity index (χ3n) is 5.39. The summed E-state index contributed by atoms with van der Waals surface area (Å²) in [5.74, 6) is -1.36. The molecule has 0 heterocycles. The second-order valence-corrected chi connectivity index (χ2v) is 9.92. The van der Waals surface area contributed by atoms with Gasteiger partial charge in [0.05, 0.1) is 11.9 Å². The summed E-state index contributed by atoms with van der Waals surface area (Å²) >= 11 is 0. The third kappa shape index (κ3) is 7.56. The van der Waals surface area contributed by atoms with Crippen LogP contribution >= 0.6 is 0 Å². The number of nitrogens with one attached hydrogen (secondary N) is 1. The molecule has 33 heavy (non-hydrogen) atoms.